The van der Waals surface area contributed by atoms with Crippen LogP contribution in [-0.2, 0) is 6.54 Å². The second-order valence-electron chi connectivity index (χ2n) is 6.52. The van der Waals surface area contributed by atoms with E-state index in [-0.39, 0.29) is 5.91 Å². The maximum Gasteiger partial charge on any atom is 0.270 e. The Morgan fingerprint density at radius 2 is 1.96 bits per heavy atom. The SMILES string of the molecule is Cc1cccc(CNC(=O)c2cc(C)nc(NC3CCCC3)n2)c1. The average Bonchev–Trinajstić information content (AvgIpc) is 3.05. The number of carbonyl (C=O) groups excluding carboxylic acids is 1. The number of hydrogen-bond acceptors (Lipinski definition) is 4. The number of benzene rings is 1. The molecule has 1 heterocycles. The number of anilines is 1. The predicted molar refractivity (Wildman–Crippen MR) is 95.0 cm³/mol. The summed E-state index contributed by atoms with van der Waals surface area (Å²) in [6.45, 7) is 4.42. The van der Waals surface area contributed by atoms with Crippen molar-refractivity contribution < 1.29 is 4.79 Å². The van der Waals surface area contributed by atoms with E-state index in [1.165, 1.54) is 18.4 Å². The van der Waals surface area contributed by atoms with Crippen LogP contribution in [-0.4, -0.2) is 21.9 Å². The molecule has 2 N–H and O–H groups in total. The minimum Gasteiger partial charge on any atom is -0.351 e. The third kappa shape index (κ3) is 4.31. The first-order chi connectivity index (χ1) is 11.6. The summed E-state index contributed by atoms with van der Waals surface area (Å²) in [6, 6.07) is 10.3. The molecular formula is C19H24N4O. The zero-order chi connectivity index (χ0) is 16.9. The van der Waals surface area contributed by atoms with Gasteiger partial charge in [-0.2, -0.15) is 0 Å². The molecule has 126 valence electrons. The minimum atomic E-state index is -0.170. The molecule has 0 spiro atoms. The molecule has 1 aromatic heterocycles. The van der Waals surface area contributed by atoms with Crippen LogP contribution in [0.4, 0.5) is 5.95 Å². The van der Waals surface area contributed by atoms with E-state index in [2.05, 4.69) is 26.7 Å². The van der Waals surface area contributed by atoms with Gasteiger partial charge in [0.25, 0.3) is 5.91 Å². The van der Waals surface area contributed by atoms with Crippen LogP contribution < -0.4 is 10.6 Å². The van der Waals surface area contributed by atoms with Crippen LogP contribution in [0.25, 0.3) is 0 Å². The summed E-state index contributed by atoms with van der Waals surface area (Å²) in [5, 5.41) is 6.29. The quantitative estimate of drug-likeness (QED) is 0.885. The average molecular weight is 324 g/mol. The second-order valence-corrected chi connectivity index (χ2v) is 6.52. The van der Waals surface area contributed by atoms with E-state index in [4.69, 9.17) is 0 Å². The summed E-state index contributed by atoms with van der Waals surface area (Å²) in [5.74, 6) is 0.388. The topological polar surface area (TPSA) is 66.9 Å². The van der Waals surface area contributed by atoms with Crippen molar-refractivity contribution in [3.05, 3.63) is 52.8 Å². The van der Waals surface area contributed by atoms with Gasteiger partial charge in [-0.3, -0.25) is 4.79 Å². The van der Waals surface area contributed by atoms with Crippen LogP contribution in [0.1, 0.15) is 53.0 Å². The molecule has 24 heavy (non-hydrogen) atoms. The third-order valence-electron chi connectivity index (χ3n) is 4.31. The van der Waals surface area contributed by atoms with Crippen molar-refractivity contribution in [1.82, 2.24) is 15.3 Å². The molecule has 1 saturated carbocycles. The zero-order valence-corrected chi connectivity index (χ0v) is 14.3. The normalized spacial score (nSPS) is 14.6. The van der Waals surface area contributed by atoms with E-state index in [0.29, 0.717) is 24.2 Å². The van der Waals surface area contributed by atoms with Crippen molar-refractivity contribution in [2.75, 3.05) is 5.32 Å². The molecule has 0 bridgehead atoms. The first-order valence-corrected chi connectivity index (χ1v) is 8.56. The molecule has 5 nitrogen and oxygen atoms in total. The van der Waals surface area contributed by atoms with Gasteiger partial charge in [0.2, 0.25) is 5.95 Å². The number of aryl methyl sites for hydroxylation is 2. The first-order valence-electron chi connectivity index (χ1n) is 8.56. The molecule has 5 heteroatoms. The Morgan fingerprint density at radius 1 is 1.17 bits per heavy atom. The van der Waals surface area contributed by atoms with E-state index >= 15 is 0 Å². The number of hydrogen-bond donors (Lipinski definition) is 2. The van der Waals surface area contributed by atoms with Crippen molar-refractivity contribution in [3.63, 3.8) is 0 Å². The van der Waals surface area contributed by atoms with Gasteiger partial charge in [0, 0.05) is 18.3 Å². The second kappa shape index (κ2) is 7.43. The number of aromatic nitrogens is 2. The first kappa shape index (κ1) is 16.4. The Bertz CT molecular complexity index is 723. The van der Waals surface area contributed by atoms with Gasteiger partial charge in [-0.25, -0.2) is 9.97 Å². The lowest BCUT2D eigenvalue weighted by molar-refractivity contribution is 0.0945. The predicted octanol–water partition coefficient (Wildman–Crippen LogP) is 3.38. The Labute approximate surface area is 142 Å². The van der Waals surface area contributed by atoms with Crippen LogP contribution in [0.15, 0.2) is 30.3 Å². The van der Waals surface area contributed by atoms with Gasteiger partial charge in [-0.1, -0.05) is 42.7 Å². The maximum absolute atomic E-state index is 12.4. The van der Waals surface area contributed by atoms with Gasteiger partial charge in [-0.15, -0.1) is 0 Å². The van der Waals surface area contributed by atoms with E-state index in [9.17, 15) is 4.79 Å². The summed E-state index contributed by atoms with van der Waals surface area (Å²) < 4.78 is 0. The van der Waals surface area contributed by atoms with Crippen LogP contribution in [0.5, 0.6) is 0 Å². The standard InChI is InChI=1S/C19H24N4O/c1-13-6-5-7-15(10-13)12-20-18(24)17-11-14(2)21-19(23-17)22-16-8-3-4-9-16/h5-7,10-11,16H,3-4,8-9,12H2,1-2H3,(H,20,24)(H,21,22,23). The molecule has 1 aliphatic carbocycles. The fourth-order valence-corrected chi connectivity index (χ4v) is 3.10. The van der Waals surface area contributed by atoms with Crippen LogP contribution >= 0.6 is 0 Å². The summed E-state index contributed by atoms with van der Waals surface area (Å²) in [7, 11) is 0. The third-order valence-corrected chi connectivity index (χ3v) is 4.31. The van der Waals surface area contributed by atoms with Gasteiger partial charge < -0.3 is 10.6 Å². The molecule has 0 saturated heterocycles. The van der Waals surface area contributed by atoms with Gasteiger partial charge >= 0.3 is 0 Å². The molecule has 0 unspecified atom stereocenters. The highest BCUT2D eigenvalue weighted by Gasteiger charge is 2.17. The maximum atomic E-state index is 12.4. The van der Waals surface area contributed by atoms with Crippen LogP contribution in [0.2, 0.25) is 0 Å². The fraction of sp³-hybridized carbons (Fsp3) is 0.421. The highest BCUT2D eigenvalue weighted by molar-refractivity contribution is 5.92. The lowest BCUT2D eigenvalue weighted by Crippen LogP contribution is -2.25. The Morgan fingerprint density at radius 3 is 2.71 bits per heavy atom. The lowest BCUT2D eigenvalue weighted by atomic mass is 10.1. The Hall–Kier alpha value is -2.43. The van der Waals surface area contributed by atoms with E-state index in [1.54, 1.807) is 6.07 Å². The highest BCUT2D eigenvalue weighted by atomic mass is 16.1. The van der Waals surface area contributed by atoms with Crippen molar-refractivity contribution in [1.29, 1.82) is 0 Å². The number of nitrogens with zero attached hydrogens (tertiary/aromatic N) is 2. The highest BCUT2D eigenvalue weighted by Crippen LogP contribution is 2.21. The van der Waals surface area contributed by atoms with E-state index in [0.717, 1.165) is 24.1 Å². The van der Waals surface area contributed by atoms with Crippen LogP contribution in [0.3, 0.4) is 0 Å². The Balaban J connectivity index is 1.66. The molecule has 3 rings (SSSR count). The summed E-state index contributed by atoms with van der Waals surface area (Å²) in [4.78, 5) is 21.2. The van der Waals surface area contributed by atoms with Crippen molar-refractivity contribution in [2.45, 2.75) is 52.1 Å². The molecule has 1 aromatic carbocycles. The fourth-order valence-electron chi connectivity index (χ4n) is 3.10. The molecule has 0 atom stereocenters. The molecular weight excluding hydrogens is 300 g/mol. The molecule has 1 fully saturated rings. The number of rotatable bonds is 5. The molecule has 1 aliphatic rings. The van der Waals surface area contributed by atoms with Crippen molar-refractivity contribution >= 4 is 11.9 Å². The lowest BCUT2D eigenvalue weighted by Gasteiger charge is -2.13. The Kier molecular flexibility index (Phi) is 5.08. The minimum absolute atomic E-state index is 0.170. The molecule has 0 radical (unpaired) electrons. The largest absolute Gasteiger partial charge is 0.351 e. The number of nitrogens with one attached hydrogen (secondary N) is 2. The van der Waals surface area contributed by atoms with Crippen LogP contribution in [0, 0.1) is 13.8 Å². The van der Waals surface area contributed by atoms with Gasteiger partial charge in [0.1, 0.15) is 5.69 Å². The zero-order valence-electron chi connectivity index (χ0n) is 14.3. The van der Waals surface area contributed by atoms with Gasteiger partial charge in [-0.05, 0) is 38.3 Å². The molecule has 2 aromatic rings. The number of amides is 1. The van der Waals surface area contributed by atoms with Gasteiger partial charge in [0.05, 0.1) is 0 Å². The monoisotopic (exact) mass is 324 g/mol. The van der Waals surface area contributed by atoms with Crippen molar-refractivity contribution in [2.24, 2.45) is 0 Å². The number of carbonyl (C=O) groups is 1. The molecule has 0 aliphatic heterocycles. The van der Waals surface area contributed by atoms with Crippen molar-refractivity contribution in [3.8, 4) is 0 Å². The van der Waals surface area contributed by atoms with E-state index in [1.807, 2.05) is 32.0 Å². The van der Waals surface area contributed by atoms with Gasteiger partial charge in [0.15, 0.2) is 0 Å². The van der Waals surface area contributed by atoms with E-state index < -0.39 is 0 Å². The summed E-state index contributed by atoms with van der Waals surface area (Å²) in [5.41, 5.74) is 3.47. The summed E-state index contributed by atoms with van der Waals surface area (Å²) >= 11 is 0. The molecule has 1 amide bonds. The smallest absolute Gasteiger partial charge is 0.270 e. The summed E-state index contributed by atoms with van der Waals surface area (Å²) in [6.07, 6.45) is 4.78.